The van der Waals surface area contributed by atoms with Crippen LogP contribution < -0.4 is 10.2 Å². The largest absolute Gasteiger partial charge is 0.403 e. The summed E-state index contributed by atoms with van der Waals surface area (Å²) in [5.74, 6) is 0.372. The Labute approximate surface area is 167 Å². The van der Waals surface area contributed by atoms with Crippen molar-refractivity contribution in [3.63, 3.8) is 0 Å². The monoisotopic (exact) mass is 404 g/mol. The number of nitrogens with zero attached hydrogens (tertiary/aromatic N) is 3. The molecule has 2 aromatic rings. The number of rotatable bonds is 2. The van der Waals surface area contributed by atoms with Gasteiger partial charge in [-0.05, 0) is 51.1 Å². The number of amides is 1. The summed E-state index contributed by atoms with van der Waals surface area (Å²) in [5.41, 5.74) is 2.46. The Balaban J connectivity index is 1.54. The van der Waals surface area contributed by atoms with Gasteiger partial charge in [0.05, 0.1) is 17.9 Å². The van der Waals surface area contributed by atoms with Gasteiger partial charge in [0.2, 0.25) is 5.91 Å². The molecule has 1 aromatic heterocycles. The van der Waals surface area contributed by atoms with Crippen molar-refractivity contribution in [1.29, 1.82) is 0 Å². The number of fused-ring (bicyclic) bond motifs is 2. The Kier molecular flexibility index (Phi) is 5.21. The highest BCUT2D eigenvalue weighted by Gasteiger charge is 2.42. The van der Waals surface area contributed by atoms with Gasteiger partial charge in [0, 0.05) is 17.7 Å². The van der Waals surface area contributed by atoms with Gasteiger partial charge < -0.3 is 10.2 Å². The van der Waals surface area contributed by atoms with Crippen LogP contribution in [0.4, 0.5) is 30.4 Å². The van der Waals surface area contributed by atoms with E-state index in [0.717, 1.165) is 16.9 Å². The number of alkyl halides is 3. The van der Waals surface area contributed by atoms with Crippen molar-refractivity contribution >= 4 is 23.1 Å². The number of para-hydroxylation sites is 2. The lowest BCUT2D eigenvalue weighted by Crippen LogP contribution is -2.49. The van der Waals surface area contributed by atoms with Crippen LogP contribution >= 0.6 is 0 Å². The van der Waals surface area contributed by atoms with Crippen LogP contribution in [0.2, 0.25) is 0 Å². The third-order valence-corrected chi connectivity index (χ3v) is 5.83. The molecule has 1 amide bonds. The molecule has 8 heteroatoms. The van der Waals surface area contributed by atoms with Crippen molar-refractivity contribution in [2.24, 2.45) is 5.92 Å². The Hall–Kier alpha value is -2.61. The van der Waals surface area contributed by atoms with E-state index in [0.29, 0.717) is 25.2 Å². The Morgan fingerprint density at radius 1 is 1.17 bits per heavy atom. The molecule has 1 unspecified atom stereocenters. The van der Waals surface area contributed by atoms with E-state index in [4.69, 9.17) is 0 Å². The number of carbonyl (C=O) groups is 1. The molecule has 4 rings (SSSR count). The second-order valence-corrected chi connectivity index (χ2v) is 7.61. The maximum absolute atomic E-state index is 13.4. The van der Waals surface area contributed by atoms with Gasteiger partial charge in [-0.2, -0.15) is 13.2 Å². The van der Waals surface area contributed by atoms with Gasteiger partial charge in [-0.1, -0.05) is 18.2 Å². The summed E-state index contributed by atoms with van der Waals surface area (Å²) < 4.78 is 39.0. The first-order chi connectivity index (χ1) is 13.8. The van der Waals surface area contributed by atoms with Gasteiger partial charge in [-0.3, -0.25) is 9.69 Å². The predicted octanol–water partition coefficient (Wildman–Crippen LogP) is 4.33. The zero-order chi connectivity index (χ0) is 20.6. The van der Waals surface area contributed by atoms with Crippen LogP contribution in [0.25, 0.3) is 0 Å². The molecule has 0 aliphatic carbocycles. The number of benzene rings is 1. The van der Waals surface area contributed by atoms with Crippen molar-refractivity contribution < 1.29 is 18.0 Å². The first-order valence-electron chi connectivity index (χ1n) is 9.76. The summed E-state index contributed by atoms with van der Waals surface area (Å²) in [4.78, 5) is 20.9. The Morgan fingerprint density at radius 2 is 1.90 bits per heavy atom. The van der Waals surface area contributed by atoms with Crippen LogP contribution in [0.5, 0.6) is 0 Å². The molecule has 1 fully saturated rings. The molecule has 3 heterocycles. The van der Waals surface area contributed by atoms with Gasteiger partial charge in [-0.25, -0.2) is 4.98 Å². The van der Waals surface area contributed by atoms with Gasteiger partial charge in [0.1, 0.15) is 11.9 Å². The molecule has 1 N–H and O–H groups in total. The lowest BCUT2D eigenvalue weighted by Gasteiger charge is -2.37. The lowest BCUT2D eigenvalue weighted by atomic mass is 9.93. The minimum Gasteiger partial charge on any atom is -0.338 e. The fraction of sp³-hybridized carbons (Fsp3) is 0.429. The van der Waals surface area contributed by atoms with Crippen molar-refractivity contribution in [2.75, 3.05) is 23.3 Å². The molecule has 0 spiro atoms. The van der Waals surface area contributed by atoms with E-state index in [1.807, 2.05) is 36.4 Å². The summed E-state index contributed by atoms with van der Waals surface area (Å²) in [6.45, 7) is 2.10. The second-order valence-electron chi connectivity index (χ2n) is 7.61. The molecule has 2 aliphatic heterocycles. The standard InChI is InChI=1S/C21H23F3N4O/c1-14(21(22,23)24)27-11-8-15(9-12-27)20(29)28-13-16-5-4-10-25-19(16)26-17-6-2-3-7-18(17)28/h2-7,10,14-15H,8-9,11-13H2,1H3,(H,25,26). The molecule has 29 heavy (non-hydrogen) atoms. The summed E-state index contributed by atoms with van der Waals surface area (Å²) in [7, 11) is 0. The maximum atomic E-state index is 13.4. The quantitative estimate of drug-likeness (QED) is 0.809. The molecular formula is C21H23F3N4O. The summed E-state index contributed by atoms with van der Waals surface area (Å²) in [6.07, 6.45) is -1.71. The van der Waals surface area contributed by atoms with Crippen LogP contribution in [0.1, 0.15) is 25.3 Å². The highest BCUT2D eigenvalue weighted by atomic mass is 19.4. The Bertz CT molecular complexity index is 893. The average molecular weight is 404 g/mol. The molecule has 0 bridgehead atoms. The highest BCUT2D eigenvalue weighted by Crippen LogP contribution is 2.37. The summed E-state index contributed by atoms with van der Waals surface area (Å²) >= 11 is 0. The molecule has 1 atom stereocenters. The first kappa shape index (κ1) is 19.7. The number of anilines is 3. The normalized spacial score (nSPS) is 19.0. The number of aromatic nitrogens is 1. The van der Waals surface area contributed by atoms with E-state index >= 15 is 0 Å². The number of hydrogen-bond donors (Lipinski definition) is 1. The first-order valence-corrected chi connectivity index (χ1v) is 9.76. The molecule has 0 saturated carbocycles. The SMILES string of the molecule is CC(N1CCC(C(=O)N2Cc3cccnc3Nc3ccccc32)CC1)C(F)(F)F. The zero-order valence-corrected chi connectivity index (χ0v) is 16.1. The smallest absolute Gasteiger partial charge is 0.338 e. The molecule has 5 nitrogen and oxygen atoms in total. The van der Waals surface area contributed by atoms with E-state index in [1.54, 1.807) is 11.1 Å². The number of pyridine rings is 1. The van der Waals surface area contributed by atoms with Crippen LogP contribution in [-0.4, -0.2) is 41.1 Å². The van der Waals surface area contributed by atoms with Crippen LogP contribution in [-0.2, 0) is 11.3 Å². The molecule has 2 aliphatic rings. The van der Waals surface area contributed by atoms with E-state index in [-0.39, 0.29) is 24.9 Å². The summed E-state index contributed by atoms with van der Waals surface area (Å²) in [6, 6.07) is 9.81. The summed E-state index contributed by atoms with van der Waals surface area (Å²) in [5, 5.41) is 3.29. The topological polar surface area (TPSA) is 48.5 Å². The number of halogens is 3. The molecule has 1 aromatic carbocycles. The molecule has 154 valence electrons. The van der Waals surface area contributed by atoms with Crippen LogP contribution in [0.15, 0.2) is 42.6 Å². The third-order valence-electron chi connectivity index (χ3n) is 5.83. The third kappa shape index (κ3) is 3.94. The predicted molar refractivity (Wildman–Crippen MR) is 105 cm³/mol. The van der Waals surface area contributed by atoms with E-state index in [2.05, 4.69) is 10.3 Å². The van der Waals surface area contributed by atoms with Crippen LogP contribution in [0, 0.1) is 5.92 Å². The minimum absolute atomic E-state index is 0.0461. The van der Waals surface area contributed by atoms with Crippen LogP contribution in [0.3, 0.4) is 0 Å². The fourth-order valence-corrected chi connectivity index (χ4v) is 4.03. The maximum Gasteiger partial charge on any atom is 0.403 e. The average Bonchev–Trinajstić information content (AvgIpc) is 2.89. The van der Waals surface area contributed by atoms with Crippen molar-refractivity contribution in [2.45, 2.75) is 38.5 Å². The Morgan fingerprint density at radius 3 is 2.62 bits per heavy atom. The van der Waals surface area contributed by atoms with E-state index < -0.39 is 12.2 Å². The van der Waals surface area contributed by atoms with Gasteiger partial charge >= 0.3 is 6.18 Å². The van der Waals surface area contributed by atoms with Crippen molar-refractivity contribution in [3.8, 4) is 0 Å². The highest BCUT2D eigenvalue weighted by molar-refractivity contribution is 5.99. The second kappa shape index (κ2) is 7.67. The molecule has 1 saturated heterocycles. The zero-order valence-electron chi connectivity index (χ0n) is 16.1. The molecular weight excluding hydrogens is 381 g/mol. The van der Waals surface area contributed by atoms with Gasteiger partial charge in [0.15, 0.2) is 0 Å². The van der Waals surface area contributed by atoms with Crippen molar-refractivity contribution in [1.82, 2.24) is 9.88 Å². The number of hydrogen-bond acceptors (Lipinski definition) is 4. The number of piperidine rings is 1. The molecule has 0 radical (unpaired) electrons. The fourth-order valence-electron chi connectivity index (χ4n) is 4.03. The minimum atomic E-state index is -4.25. The number of nitrogens with one attached hydrogen (secondary N) is 1. The number of likely N-dealkylation sites (tertiary alicyclic amines) is 1. The van der Waals surface area contributed by atoms with E-state index in [9.17, 15) is 18.0 Å². The van der Waals surface area contributed by atoms with Gasteiger partial charge in [-0.15, -0.1) is 0 Å². The lowest BCUT2D eigenvalue weighted by molar-refractivity contribution is -0.182. The van der Waals surface area contributed by atoms with Crippen molar-refractivity contribution in [3.05, 3.63) is 48.2 Å². The van der Waals surface area contributed by atoms with E-state index in [1.165, 1.54) is 11.8 Å². The van der Waals surface area contributed by atoms with Gasteiger partial charge in [0.25, 0.3) is 0 Å². The number of carbonyl (C=O) groups excluding carboxylic acids is 1.